The largest absolute Gasteiger partial charge is 0.458 e. The van der Waals surface area contributed by atoms with Crippen LogP contribution in [0.15, 0.2) is 22.8 Å². The van der Waals surface area contributed by atoms with Crippen LogP contribution in [0.3, 0.4) is 0 Å². The molecule has 17 heavy (non-hydrogen) atoms. The molecular formula is C15H20O2. The SMILES string of the molecule is CC1(C)CCCC2(C)C1=CCC1=C2C(=O)OC1. The molecule has 92 valence electrons. The molecule has 1 fully saturated rings. The molecule has 0 aromatic heterocycles. The number of allylic oxidation sites excluding steroid dienone is 2. The van der Waals surface area contributed by atoms with E-state index in [-0.39, 0.29) is 16.8 Å². The Labute approximate surface area is 103 Å². The molecule has 1 atom stereocenters. The van der Waals surface area contributed by atoms with Gasteiger partial charge in [0, 0.05) is 5.41 Å². The second kappa shape index (κ2) is 3.24. The summed E-state index contributed by atoms with van der Waals surface area (Å²) in [5.74, 6) is -0.0641. The Balaban J connectivity index is 2.12. The highest BCUT2D eigenvalue weighted by molar-refractivity contribution is 5.94. The lowest BCUT2D eigenvalue weighted by atomic mass is 9.55. The van der Waals surface area contributed by atoms with Crippen molar-refractivity contribution in [1.29, 1.82) is 0 Å². The van der Waals surface area contributed by atoms with E-state index in [1.54, 1.807) is 0 Å². The molecule has 0 aromatic rings. The number of hydrogen-bond donors (Lipinski definition) is 0. The van der Waals surface area contributed by atoms with Gasteiger partial charge in [-0.25, -0.2) is 4.79 Å². The Morgan fingerprint density at radius 3 is 2.76 bits per heavy atom. The van der Waals surface area contributed by atoms with Crippen LogP contribution in [0, 0.1) is 10.8 Å². The van der Waals surface area contributed by atoms with Gasteiger partial charge in [-0.05, 0) is 30.3 Å². The Kier molecular flexibility index (Phi) is 2.11. The third-order valence-corrected chi connectivity index (χ3v) is 4.84. The average molecular weight is 232 g/mol. The number of cyclic esters (lactones) is 1. The summed E-state index contributed by atoms with van der Waals surface area (Å²) in [4.78, 5) is 12.0. The molecule has 0 aromatic carbocycles. The maximum absolute atomic E-state index is 12.0. The summed E-state index contributed by atoms with van der Waals surface area (Å²) in [5.41, 5.74) is 3.85. The van der Waals surface area contributed by atoms with Gasteiger partial charge in [-0.15, -0.1) is 0 Å². The van der Waals surface area contributed by atoms with Gasteiger partial charge >= 0.3 is 5.97 Å². The van der Waals surface area contributed by atoms with Gasteiger partial charge in [0.1, 0.15) is 6.61 Å². The molecule has 2 heteroatoms. The maximum Gasteiger partial charge on any atom is 0.335 e. The number of carbonyl (C=O) groups excluding carboxylic acids is 1. The second-order valence-corrected chi connectivity index (χ2v) is 6.45. The first-order valence-electron chi connectivity index (χ1n) is 6.56. The average Bonchev–Trinajstić information content (AvgIpc) is 2.60. The highest BCUT2D eigenvalue weighted by Gasteiger charge is 2.50. The summed E-state index contributed by atoms with van der Waals surface area (Å²) >= 11 is 0. The van der Waals surface area contributed by atoms with Crippen molar-refractivity contribution in [2.24, 2.45) is 10.8 Å². The van der Waals surface area contributed by atoms with Crippen molar-refractivity contribution in [1.82, 2.24) is 0 Å². The number of rotatable bonds is 0. The fourth-order valence-corrected chi connectivity index (χ4v) is 4.10. The van der Waals surface area contributed by atoms with Crippen molar-refractivity contribution < 1.29 is 9.53 Å². The van der Waals surface area contributed by atoms with Crippen molar-refractivity contribution in [3.05, 3.63) is 22.8 Å². The molecule has 1 heterocycles. The van der Waals surface area contributed by atoms with Crippen molar-refractivity contribution >= 4 is 5.97 Å². The van der Waals surface area contributed by atoms with E-state index in [4.69, 9.17) is 4.74 Å². The molecule has 0 N–H and O–H groups in total. The number of hydrogen-bond acceptors (Lipinski definition) is 2. The minimum atomic E-state index is -0.0641. The molecule has 1 unspecified atom stereocenters. The van der Waals surface area contributed by atoms with Gasteiger partial charge in [0.2, 0.25) is 0 Å². The molecule has 0 radical (unpaired) electrons. The lowest BCUT2D eigenvalue weighted by molar-refractivity contribution is -0.137. The van der Waals surface area contributed by atoms with Gasteiger partial charge in [-0.3, -0.25) is 0 Å². The quantitative estimate of drug-likeness (QED) is 0.472. The number of ether oxygens (including phenoxy) is 1. The van der Waals surface area contributed by atoms with Crippen LogP contribution < -0.4 is 0 Å². The predicted octanol–water partition coefficient (Wildman–Crippen LogP) is 3.39. The van der Waals surface area contributed by atoms with Crippen molar-refractivity contribution in [2.75, 3.05) is 6.61 Å². The van der Waals surface area contributed by atoms with Crippen LogP contribution in [0.2, 0.25) is 0 Å². The zero-order chi connectivity index (χ0) is 12.3. The van der Waals surface area contributed by atoms with Crippen LogP contribution in [0.5, 0.6) is 0 Å². The molecule has 0 amide bonds. The van der Waals surface area contributed by atoms with Gasteiger partial charge in [0.15, 0.2) is 0 Å². The predicted molar refractivity (Wildman–Crippen MR) is 66.4 cm³/mol. The molecule has 0 spiro atoms. The maximum atomic E-state index is 12.0. The third kappa shape index (κ3) is 1.36. The zero-order valence-electron chi connectivity index (χ0n) is 10.9. The smallest absolute Gasteiger partial charge is 0.335 e. The number of esters is 1. The van der Waals surface area contributed by atoms with Crippen LogP contribution in [-0.4, -0.2) is 12.6 Å². The van der Waals surface area contributed by atoms with Crippen LogP contribution >= 0.6 is 0 Å². The van der Waals surface area contributed by atoms with E-state index in [0.717, 1.165) is 18.4 Å². The summed E-state index contributed by atoms with van der Waals surface area (Å²) in [5, 5.41) is 0. The minimum absolute atomic E-state index is 0.0527. The molecular weight excluding hydrogens is 212 g/mol. The highest BCUT2D eigenvalue weighted by Crippen LogP contribution is 2.58. The molecule has 1 aliphatic heterocycles. The third-order valence-electron chi connectivity index (χ3n) is 4.84. The van der Waals surface area contributed by atoms with Gasteiger partial charge in [0.05, 0.1) is 5.57 Å². The second-order valence-electron chi connectivity index (χ2n) is 6.45. The lowest BCUT2D eigenvalue weighted by Crippen LogP contribution is -2.39. The molecule has 3 aliphatic rings. The van der Waals surface area contributed by atoms with Crippen molar-refractivity contribution in [3.8, 4) is 0 Å². The Morgan fingerprint density at radius 1 is 1.24 bits per heavy atom. The topological polar surface area (TPSA) is 26.3 Å². The minimum Gasteiger partial charge on any atom is -0.458 e. The van der Waals surface area contributed by atoms with Gasteiger partial charge in [0.25, 0.3) is 0 Å². The normalized spacial score (nSPS) is 35.0. The summed E-state index contributed by atoms with van der Waals surface area (Å²) in [6.45, 7) is 7.37. The molecule has 2 aliphatic carbocycles. The number of carbonyl (C=O) groups is 1. The molecule has 0 saturated heterocycles. The molecule has 1 saturated carbocycles. The van der Waals surface area contributed by atoms with Crippen molar-refractivity contribution in [2.45, 2.75) is 46.5 Å². The van der Waals surface area contributed by atoms with Crippen molar-refractivity contribution in [3.63, 3.8) is 0 Å². The Morgan fingerprint density at radius 2 is 2.00 bits per heavy atom. The Bertz CT molecular complexity index is 454. The fourth-order valence-electron chi connectivity index (χ4n) is 4.10. The molecule has 2 nitrogen and oxygen atoms in total. The van der Waals surface area contributed by atoms with E-state index >= 15 is 0 Å². The summed E-state index contributed by atoms with van der Waals surface area (Å²) in [7, 11) is 0. The van der Waals surface area contributed by atoms with E-state index in [0.29, 0.717) is 6.61 Å². The van der Waals surface area contributed by atoms with E-state index in [9.17, 15) is 4.79 Å². The summed E-state index contributed by atoms with van der Waals surface area (Å²) in [6, 6.07) is 0. The van der Waals surface area contributed by atoms with Gasteiger partial charge < -0.3 is 4.74 Å². The molecule has 0 bridgehead atoms. The first kappa shape index (κ1) is 11.1. The van der Waals surface area contributed by atoms with Gasteiger partial charge in [-0.2, -0.15) is 0 Å². The van der Waals surface area contributed by atoms with Crippen LogP contribution in [0.25, 0.3) is 0 Å². The first-order chi connectivity index (χ1) is 7.95. The van der Waals surface area contributed by atoms with E-state index in [1.165, 1.54) is 24.0 Å². The lowest BCUT2D eigenvalue weighted by Gasteiger charge is -2.48. The highest BCUT2D eigenvalue weighted by atomic mass is 16.5. The molecule has 3 rings (SSSR count). The fraction of sp³-hybridized carbons (Fsp3) is 0.667. The van der Waals surface area contributed by atoms with Crippen LogP contribution in [0.1, 0.15) is 46.5 Å². The Hall–Kier alpha value is -1.05. The monoisotopic (exact) mass is 232 g/mol. The van der Waals surface area contributed by atoms with Gasteiger partial charge in [-0.1, -0.05) is 38.8 Å². The first-order valence-corrected chi connectivity index (χ1v) is 6.56. The van der Waals surface area contributed by atoms with E-state index < -0.39 is 0 Å². The van der Waals surface area contributed by atoms with Crippen LogP contribution in [0.4, 0.5) is 0 Å². The van der Waals surface area contributed by atoms with E-state index in [2.05, 4.69) is 26.8 Å². The standard InChI is InChI=1S/C15H20O2/c1-14(2)7-4-8-15(3)11(14)6-5-10-9-17-13(16)12(10)15/h6H,4-5,7-9H2,1-3H3. The summed E-state index contributed by atoms with van der Waals surface area (Å²) in [6.07, 6.45) is 6.79. The van der Waals surface area contributed by atoms with E-state index in [1.807, 2.05) is 0 Å². The summed E-state index contributed by atoms with van der Waals surface area (Å²) < 4.78 is 5.24. The zero-order valence-corrected chi connectivity index (χ0v) is 10.9. The number of fused-ring (bicyclic) bond motifs is 2. The van der Waals surface area contributed by atoms with Crippen LogP contribution in [-0.2, 0) is 9.53 Å².